The van der Waals surface area contributed by atoms with Gasteiger partial charge in [0, 0.05) is 6.08 Å². The zero-order valence-electron chi connectivity index (χ0n) is 14.5. The molecule has 0 spiro atoms. The minimum absolute atomic E-state index is 0.168. The van der Waals surface area contributed by atoms with Crippen LogP contribution in [0.25, 0.3) is 6.08 Å². The zero-order valence-corrected chi connectivity index (χ0v) is 14.5. The number of halogens is 1. The first kappa shape index (κ1) is 20.3. The predicted octanol–water partition coefficient (Wildman–Crippen LogP) is 2.09. The van der Waals surface area contributed by atoms with Gasteiger partial charge in [0.15, 0.2) is 6.61 Å². The van der Waals surface area contributed by atoms with Crippen molar-refractivity contribution in [3.8, 4) is 0 Å². The molecule has 0 heterocycles. The molecule has 0 aliphatic heterocycles. The molecule has 0 saturated heterocycles. The molecule has 0 aliphatic carbocycles. The van der Waals surface area contributed by atoms with Crippen molar-refractivity contribution in [3.05, 3.63) is 41.7 Å². The lowest BCUT2D eigenvalue weighted by molar-refractivity contribution is -0.148. The lowest BCUT2D eigenvalue weighted by Crippen LogP contribution is -2.44. The molecule has 1 N–H and O–H groups in total. The van der Waals surface area contributed by atoms with Crippen LogP contribution in [0.4, 0.5) is 4.39 Å². The van der Waals surface area contributed by atoms with Crippen molar-refractivity contribution in [2.45, 2.75) is 26.3 Å². The van der Waals surface area contributed by atoms with Crippen LogP contribution in [0.15, 0.2) is 30.3 Å². The number of carbonyl (C=O) groups excluding carboxylic acids is 3. The topological polar surface area (TPSA) is 81.7 Å². The first-order chi connectivity index (χ1) is 11.8. The Bertz CT molecular complexity index is 642. The van der Waals surface area contributed by atoms with Gasteiger partial charge in [-0.15, -0.1) is 0 Å². The van der Waals surface area contributed by atoms with Crippen molar-refractivity contribution in [3.63, 3.8) is 0 Å². The van der Waals surface area contributed by atoms with E-state index < -0.39 is 36.3 Å². The van der Waals surface area contributed by atoms with Crippen LogP contribution in [0, 0.1) is 11.7 Å². The van der Waals surface area contributed by atoms with Crippen molar-refractivity contribution in [2.24, 2.45) is 5.92 Å². The number of nitrogens with one attached hydrogen (secondary N) is 1. The summed E-state index contributed by atoms with van der Waals surface area (Å²) in [4.78, 5) is 35.0. The van der Waals surface area contributed by atoms with Crippen LogP contribution in [0.3, 0.4) is 0 Å². The van der Waals surface area contributed by atoms with E-state index in [0.29, 0.717) is 12.0 Å². The number of hydrogen-bond acceptors (Lipinski definition) is 5. The number of rotatable bonds is 8. The monoisotopic (exact) mass is 351 g/mol. The van der Waals surface area contributed by atoms with Crippen LogP contribution < -0.4 is 5.32 Å². The summed E-state index contributed by atoms with van der Waals surface area (Å²) in [6.07, 6.45) is 2.87. The van der Waals surface area contributed by atoms with Crippen molar-refractivity contribution < 1.29 is 28.2 Å². The molecule has 0 fully saturated rings. The van der Waals surface area contributed by atoms with Gasteiger partial charge in [0.25, 0.3) is 5.91 Å². The maximum atomic E-state index is 13.0. The largest absolute Gasteiger partial charge is 0.467 e. The van der Waals surface area contributed by atoms with Crippen LogP contribution in [-0.4, -0.2) is 37.6 Å². The van der Waals surface area contributed by atoms with Crippen LogP contribution in [0.5, 0.6) is 0 Å². The smallest absolute Gasteiger partial charge is 0.331 e. The molecule has 1 rings (SSSR count). The molecule has 1 amide bonds. The number of hydrogen-bond donors (Lipinski definition) is 1. The second kappa shape index (κ2) is 10.2. The summed E-state index contributed by atoms with van der Waals surface area (Å²) in [6, 6.07) is 4.87. The highest BCUT2D eigenvalue weighted by Gasteiger charge is 2.22. The molecule has 25 heavy (non-hydrogen) atoms. The SMILES string of the molecule is COC(=O)C(CC(C)C)NC(=O)COC(=O)/C=C/c1cccc(F)c1. The van der Waals surface area contributed by atoms with E-state index in [0.717, 1.165) is 6.08 Å². The third kappa shape index (κ3) is 8.10. The highest BCUT2D eigenvalue weighted by molar-refractivity contribution is 5.90. The normalized spacial score (nSPS) is 12.0. The standard InChI is InChI=1S/C18H22FNO5/c1-12(2)9-15(18(23)24-3)20-16(21)11-25-17(22)8-7-13-5-4-6-14(19)10-13/h4-8,10,12,15H,9,11H2,1-3H3,(H,20,21)/b8-7+. The Hall–Kier alpha value is -2.70. The first-order valence-corrected chi connectivity index (χ1v) is 7.79. The summed E-state index contributed by atoms with van der Waals surface area (Å²) >= 11 is 0. The highest BCUT2D eigenvalue weighted by atomic mass is 19.1. The van der Waals surface area contributed by atoms with E-state index in [4.69, 9.17) is 4.74 Å². The van der Waals surface area contributed by atoms with E-state index in [-0.39, 0.29) is 5.92 Å². The van der Waals surface area contributed by atoms with Gasteiger partial charge in [-0.25, -0.2) is 14.0 Å². The molecule has 6 nitrogen and oxygen atoms in total. The average molecular weight is 351 g/mol. The van der Waals surface area contributed by atoms with Crippen LogP contribution >= 0.6 is 0 Å². The van der Waals surface area contributed by atoms with E-state index in [9.17, 15) is 18.8 Å². The number of carbonyl (C=O) groups is 3. The molecular weight excluding hydrogens is 329 g/mol. The average Bonchev–Trinajstić information content (AvgIpc) is 2.56. The van der Waals surface area contributed by atoms with Crippen molar-refractivity contribution in [1.29, 1.82) is 0 Å². The maximum absolute atomic E-state index is 13.0. The van der Waals surface area contributed by atoms with Gasteiger partial charge in [-0.1, -0.05) is 26.0 Å². The van der Waals surface area contributed by atoms with Crippen molar-refractivity contribution >= 4 is 23.9 Å². The van der Waals surface area contributed by atoms with E-state index in [1.165, 1.54) is 31.4 Å². The highest BCUT2D eigenvalue weighted by Crippen LogP contribution is 2.07. The van der Waals surface area contributed by atoms with E-state index in [2.05, 4.69) is 10.1 Å². The summed E-state index contributed by atoms with van der Waals surface area (Å²) < 4.78 is 22.4. The number of amides is 1. The summed E-state index contributed by atoms with van der Waals surface area (Å²) in [5.41, 5.74) is 0.490. The van der Waals surface area contributed by atoms with Gasteiger partial charge < -0.3 is 14.8 Å². The number of methoxy groups -OCH3 is 1. The minimum atomic E-state index is -0.793. The lowest BCUT2D eigenvalue weighted by atomic mass is 10.0. The molecule has 0 saturated carbocycles. The van der Waals surface area contributed by atoms with Crippen LogP contribution in [0.2, 0.25) is 0 Å². The molecule has 0 bridgehead atoms. The van der Waals surface area contributed by atoms with Gasteiger partial charge in [-0.2, -0.15) is 0 Å². The number of esters is 2. The molecule has 0 radical (unpaired) electrons. The minimum Gasteiger partial charge on any atom is -0.467 e. The first-order valence-electron chi connectivity index (χ1n) is 7.79. The summed E-state index contributed by atoms with van der Waals surface area (Å²) in [5, 5.41) is 2.47. The van der Waals surface area contributed by atoms with E-state index in [1.54, 1.807) is 6.07 Å². The molecule has 1 aromatic rings. The third-order valence-electron chi connectivity index (χ3n) is 3.13. The Morgan fingerprint density at radius 1 is 1.28 bits per heavy atom. The second-order valence-corrected chi connectivity index (χ2v) is 5.77. The fourth-order valence-electron chi connectivity index (χ4n) is 2.02. The van der Waals surface area contributed by atoms with Crippen molar-refractivity contribution in [1.82, 2.24) is 5.32 Å². The second-order valence-electron chi connectivity index (χ2n) is 5.77. The summed E-state index contributed by atoms with van der Waals surface area (Å²) in [7, 11) is 1.24. The fraction of sp³-hybridized carbons (Fsp3) is 0.389. The van der Waals surface area contributed by atoms with Gasteiger partial charge >= 0.3 is 11.9 Å². The van der Waals surface area contributed by atoms with Crippen LogP contribution in [-0.2, 0) is 23.9 Å². The molecule has 1 atom stereocenters. The van der Waals surface area contributed by atoms with Crippen molar-refractivity contribution in [2.75, 3.05) is 13.7 Å². The predicted molar refractivity (Wildman–Crippen MR) is 89.8 cm³/mol. The molecular formula is C18H22FNO5. The van der Waals surface area contributed by atoms with E-state index >= 15 is 0 Å². The fourth-order valence-corrected chi connectivity index (χ4v) is 2.02. The summed E-state index contributed by atoms with van der Waals surface area (Å²) in [6.45, 7) is 3.27. The Labute approximate surface area is 146 Å². The maximum Gasteiger partial charge on any atom is 0.331 e. The molecule has 1 aromatic carbocycles. The Kier molecular flexibility index (Phi) is 8.32. The molecule has 136 valence electrons. The van der Waals surface area contributed by atoms with Gasteiger partial charge in [0.2, 0.25) is 0 Å². The molecule has 0 aromatic heterocycles. The van der Waals surface area contributed by atoms with Gasteiger partial charge in [0.05, 0.1) is 7.11 Å². The van der Waals surface area contributed by atoms with Gasteiger partial charge in [-0.05, 0) is 36.1 Å². The Balaban J connectivity index is 2.48. The quantitative estimate of drug-likeness (QED) is 0.573. The molecule has 1 unspecified atom stereocenters. The van der Waals surface area contributed by atoms with Gasteiger partial charge in [-0.3, -0.25) is 4.79 Å². The number of benzene rings is 1. The zero-order chi connectivity index (χ0) is 18.8. The lowest BCUT2D eigenvalue weighted by Gasteiger charge is -2.18. The van der Waals surface area contributed by atoms with E-state index in [1.807, 2.05) is 13.8 Å². The molecule has 0 aliphatic rings. The third-order valence-corrected chi connectivity index (χ3v) is 3.13. The van der Waals surface area contributed by atoms with Gasteiger partial charge in [0.1, 0.15) is 11.9 Å². The summed E-state index contributed by atoms with van der Waals surface area (Å²) in [5.74, 6) is -2.17. The molecule has 7 heteroatoms. The Morgan fingerprint density at radius 3 is 2.60 bits per heavy atom. The van der Waals surface area contributed by atoms with Crippen LogP contribution in [0.1, 0.15) is 25.8 Å². The Morgan fingerprint density at radius 2 is 2.00 bits per heavy atom. The number of ether oxygens (including phenoxy) is 2.